The van der Waals surface area contributed by atoms with Gasteiger partial charge in [0.2, 0.25) is 5.91 Å². The third-order valence-corrected chi connectivity index (χ3v) is 4.42. The number of carbonyl (C=O) groups excluding carboxylic acids is 3. The second kappa shape index (κ2) is 7.64. The molecular weight excluding hydrogens is 310 g/mol. The molecule has 0 heterocycles. The van der Waals surface area contributed by atoms with Gasteiger partial charge in [0.1, 0.15) is 0 Å². The smallest absolute Gasteiger partial charge is 0.323 e. The SMILES string of the molecule is C=C[C@]1(C)CC(C(=O)OCC)(C(=O)OCC)C/C1=C\C(=O)N(C)C. The van der Waals surface area contributed by atoms with Crippen LogP contribution in [0.1, 0.15) is 33.6 Å². The molecule has 1 fully saturated rings. The number of hydrogen-bond acceptors (Lipinski definition) is 5. The lowest BCUT2D eigenvalue weighted by molar-refractivity contribution is -0.172. The highest BCUT2D eigenvalue weighted by Gasteiger charge is 2.59. The summed E-state index contributed by atoms with van der Waals surface area (Å²) in [5.41, 5.74) is -1.42. The van der Waals surface area contributed by atoms with E-state index in [0.717, 1.165) is 0 Å². The fraction of sp³-hybridized carbons (Fsp3) is 0.611. The van der Waals surface area contributed by atoms with Gasteiger partial charge in [0.15, 0.2) is 5.41 Å². The topological polar surface area (TPSA) is 72.9 Å². The van der Waals surface area contributed by atoms with Gasteiger partial charge in [0, 0.05) is 25.6 Å². The van der Waals surface area contributed by atoms with Gasteiger partial charge >= 0.3 is 11.9 Å². The molecule has 1 atom stereocenters. The molecule has 1 aliphatic carbocycles. The van der Waals surface area contributed by atoms with Crippen LogP contribution in [0.15, 0.2) is 24.3 Å². The minimum absolute atomic E-state index is 0.0900. The standard InChI is InChI=1S/C18H27NO5/c1-7-17(4)12-18(15(21)23-8-2,16(22)24-9-3)11-13(17)10-14(20)19(5)6/h7,10H,1,8-9,11-12H2,2-6H3/b13-10+/t17-/m1/s1. The maximum Gasteiger partial charge on any atom is 0.323 e. The van der Waals surface area contributed by atoms with Crippen molar-refractivity contribution in [1.82, 2.24) is 4.90 Å². The zero-order chi connectivity index (χ0) is 18.5. The molecule has 1 rings (SSSR count). The Hall–Kier alpha value is -2.11. The van der Waals surface area contributed by atoms with Crippen molar-refractivity contribution >= 4 is 17.8 Å². The molecule has 0 unspecified atom stereocenters. The van der Waals surface area contributed by atoms with Gasteiger partial charge in [-0.25, -0.2) is 0 Å². The lowest BCUT2D eigenvalue weighted by Gasteiger charge is -2.26. The van der Waals surface area contributed by atoms with Crippen LogP contribution in [0.25, 0.3) is 0 Å². The first-order chi connectivity index (χ1) is 11.2. The predicted octanol–water partition coefficient (Wildman–Crippen LogP) is 2.10. The maximum absolute atomic E-state index is 12.6. The summed E-state index contributed by atoms with van der Waals surface area (Å²) in [4.78, 5) is 38.7. The molecule has 0 aliphatic heterocycles. The number of carbonyl (C=O) groups is 3. The van der Waals surface area contributed by atoms with E-state index in [1.807, 2.05) is 6.92 Å². The molecule has 0 bridgehead atoms. The molecule has 6 heteroatoms. The molecule has 1 amide bonds. The van der Waals surface area contributed by atoms with Crippen molar-refractivity contribution in [2.45, 2.75) is 33.6 Å². The predicted molar refractivity (Wildman–Crippen MR) is 90.0 cm³/mol. The number of esters is 2. The third kappa shape index (κ3) is 3.68. The molecule has 0 spiro atoms. The van der Waals surface area contributed by atoms with Crippen LogP contribution in [0.4, 0.5) is 0 Å². The number of amides is 1. The third-order valence-electron chi connectivity index (χ3n) is 4.42. The lowest BCUT2D eigenvalue weighted by atomic mass is 9.80. The second-order valence-corrected chi connectivity index (χ2v) is 6.40. The number of nitrogens with zero attached hydrogens (tertiary/aromatic N) is 1. The van der Waals surface area contributed by atoms with Crippen molar-refractivity contribution in [3.63, 3.8) is 0 Å². The van der Waals surface area contributed by atoms with Gasteiger partial charge in [-0.15, -0.1) is 6.58 Å². The number of allylic oxidation sites excluding steroid dienone is 2. The quantitative estimate of drug-likeness (QED) is 0.321. The van der Waals surface area contributed by atoms with E-state index in [-0.39, 0.29) is 32.0 Å². The van der Waals surface area contributed by atoms with Crippen molar-refractivity contribution in [1.29, 1.82) is 0 Å². The van der Waals surface area contributed by atoms with Crippen LogP contribution in [0.3, 0.4) is 0 Å². The summed E-state index contributed by atoms with van der Waals surface area (Å²) in [6.45, 7) is 9.38. The highest BCUT2D eigenvalue weighted by Crippen LogP contribution is 2.55. The number of rotatable bonds is 6. The van der Waals surface area contributed by atoms with Gasteiger partial charge in [-0.1, -0.05) is 18.6 Å². The summed E-state index contributed by atoms with van der Waals surface area (Å²) in [6, 6.07) is 0. The molecule has 0 aromatic heterocycles. The zero-order valence-electron chi connectivity index (χ0n) is 15.2. The van der Waals surface area contributed by atoms with E-state index in [1.54, 1.807) is 34.0 Å². The highest BCUT2D eigenvalue weighted by atomic mass is 16.6. The molecule has 0 aromatic rings. The summed E-state index contributed by atoms with van der Waals surface area (Å²) < 4.78 is 10.3. The van der Waals surface area contributed by atoms with E-state index in [9.17, 15) is 14.4 Å². The fourth-order valence-electron chi connectivity index (χ4n) is 2.94. The van der Waals surface area contributed by atoms with E-state index in [1.165, 1.54) is 11.0 Å². The van der Waals surface area contributed by atoms with Crippen LogP contribution in [0, 0.1) is 10.8 Å². The largest absolute Gasteiger partial charge is 0.465 e. The van der Waals surface area contributed by atoms with Crippen molar-refractivity contribution in [2.75, 3.05) is 27.3 Å². The first kappa shape index (κ1) is 19.9. The average molecular weight is 337 g/mol. The van der Waals surface area contributed by atoms with E-state index in [4.69, 9.17) is 9.47 Å². The van der Waals surface area contributed by atoms with Gasteiger partial charge in [-0.05, 0) is 26.7 Å². The molecule has 0 radical (unpaired) electrons. The van der Waals surface area contributed by atoms with Crippen molar-refractivity contribution in [3.8, 4) is 0 Å². The van der Waals surface area contributed by atoms with Crippen LogP contribution >= 0.6 is 0 Å². The minimum Gasteiger partial charge on any atom is -0.465 e. The average Bonchev–Trinajstić information content (AvgIpc) is 2.83. The van der Waals surface area contributed by atoms with Crippen molar-refractivity contribution < 1.29 is 23.9 Å². The normalized spacial score (nSPS) is 23.6. The summed E-state index contributed by atoms with van der Waals surface area (Å²) in [6.07, 6.45) is 3.41. The summed E-state index contributed by atoms with van der Waals surface area (Å²) >= 11 is 0. The zero-order valence-corrected chi connectivity index (χ0v) is 15.2. The molecule has 1 aliphatic rings. The van der Waals surface area contributed by atoms with Crippen molar-refractivity contribution in [2.24, 2.45) is 10.8 Å². The summed E-state index contributed by atoms with van der Waals surface area (Å²) in [7, 11) is 3.28. The summed E-state index contributed by atoms with van der Waals surface area (Å²) in [5.74, 6) is -1.43. The van der Waals surface area contributed by atoms with Gasteiger partial charge < -0.3 is 14.4 Å². The number of hydrogen-bond donors (Lipinski definition) is 0. The molecule has 134 valence electrons. The van der Waals surface area contributed by atoms with Crippen LogP contribution in [-0.4, -0.2) is 50.1 Å². The lowest BCUT2D eigenvalue weighted by Crippen LogP contribution is -2.40. The Morgan fingerprint density at radius 2 is 1.67 bits per heavy atom. The maximum atomic E-state index is 12.6. The van der Waals surface area contributed by atoms with Gasteiger partial charge in [-0.3, -0.25) is 14.4 Å². The van der Waals surface area contributed by atoms with E-state index < -0.39 is 22.8 Å². The van der Waals surface area contributed by atoms with Gasteiger partial charge in [0.25, 0.3) is 0 Å². The Kier molecular flexibility index (Phi) is 6.35. The first-order valence-electron chi connectivity index (χ1n) is 8.07. The molecule has 24 heavy (non-hydrogen) atoms. The Morgan fingerprint density at radius 3 is 2.04 bits per heavy atom. The monoisotopic (exact) mass is 337 g/mol. The highest BCUT2D eigenvalue weighted by molar-refractivity contribution is 6.02. The Balaban J connectivity index is 3.38. The van der Waals surface area contributed by atoms with E-state index >= 15 is 0 Å². The first-order valence-corrected chi connectivity index (χ1v) is 8.07. The van der Waals surface area contributed by atoms with E-state index in [0.29, 0.717) is 5.57 Å². The molecule has 0 N–H and O–H groups in total. The van der Waals surface area contributed by atoms with Crippen molar-refractivity contribution in [3.05, 3.63) is 24.3 Å². The molecular formula is C18H27NO5. The molecule has 6 nitrogen and oxygen atoms in total. The second-order valence-electron chi connectivity index (χ2n) is 6.40. The fourth-order valence-corrected chi connectivity index (χ4v) is 2.94. The Morgan fingerprint density at radius 1 is 1.17 bits per heavy atom. The van der Waals surface area contributed by atoms with Gasteiger partial charge in [-0.2, -0.15) is 0 Å². The molecule has 0 saturated heterocycles. The van der Waals surface area contributed by atoms with Crippen LogP contribution in [-0.2, 0) is 23.9 Å². The minimum atomic E-state index is -1.44. The number of likely N-dealkylation sites (N-methyl/N-ethyl adjacent to an activating group) is 1. The molecule has 0 aromatic carbocycles. The van der Waals surface area contributed by atoms with E-state index in [2.05, 4.69) is 6.58 Å². The Labute approximate surface area is 143 Å². The van der Waals surface area contributed by atoms with Crippen LogP contribution in [0.2, 0.25) is 0 Å². The molecule has 1 saturated carbocycles. The van der Waals surface area contributed by atoms with Crippen LogP contribution < -0.4 is 0 Å². The number of ether oxygens (including phenoxy) is 2. The van der Waals surface area contributed by atoms with Gasteiger partial charge in [0.05, 0.1) is 13.2 Å². The summed E-state index contributed by atoms with van der Waals surface area (Å²) in [5, 5.41) is 0. The Bertz CT molecular complexity index is 546. The van der Waals surface area contributed by atoms with Crippen LogP contribution in [0.5, 0.6) is 0 Å².